The molecule has 1 unspecified atom stereocenters. The summed E-state index contributed by atoms with van der Waals surface area (Å²) < 4.78 is 15.9. The fourth-order valence-electron chi connectivity index (χ4n) is 1.69. The molecule has 0 fully saturated rings. The second-order valence-electron chi connectivity index (χ2n) is 4.53. The molecule has 2 aromatic rings. The summed E-state index contributed by atoms with van der Waals surface area (Å²) in [5, 5.41) is 0.743. The molecule has 2 rings (SSSR count). The molecular formula is C16H15Cl2NO4. The number of pyridine rings is 1. The Morgan fingerprint density at radius 2 is 1.87 bits per heavy atom. The first-order chi connectivity index (χ1) is 11.0. The van der Waals surface area contributed by atoms with Crippen molar-refractivity contribution in [3.05, 3.63) is 46.6 Å². The highest BCUT2D eigenvalue weighted by atomic mass is 35.5. The summed E-state index contributed by atoms with van der Waals surface area (Å²) in [4.78, 5) is 15.5. The minimum Gasteiger partial charge on any atom is -0.479 e. The molecule has 0 aliphatic heterocycles. The van der Waals surface area contributed by atoms with Gasteiger partial charge in [0.2, 0.25) is 5.88 Å². The van der Waals surface area contributed by atoms with Gasteiger partial charge in [0.1, 0.15) is 16.5 Å². The van der Waals surface area contributed by atoms with E-state index in [1.165, 1.54) is 6.20 Å². The fraction of sp³-hybridized carbons (Fsp3) is 0.250. The molecule has 1 heterocycles. The third-order valence-corrected chi connectivity index (χ3v) is 3.22. The van der Waals surface area contributed by atoms with Crippen LogP contribution in [0, 0.1) is 0 Å². The Labute approximate surface area is 144 Å². The number of halogens is 2. The summed E-state index contributed by atoms with van der Waals surface area (Å²) >= 11 is 11.8. The van der Waals surface area contributed by atoms with Gasteiger partial charge >= 0.3 is 5.97 Å². The number of ether oxygens (including phenoxy) is 3. The maximum atomic E-state index is 11.5. The van der Waals surface area contributed by atoms with Crippen LogP contribution in [0.2, 0.25) is 10.0 Å². The van der Waals surface area contributed by atoms with Crippen LogP contribution in [0.1, 0.15) is 13.8 Å². The molecule has 5 nitrogen and oxygen atoms in total. The van der Waals surface area contributed by atoms with Crippen molar-refractivity contribution in [2.45, 2.75) is 20.0 Å². The van der Waals surface area contributed by atoms with E-state index >= 15 is 0 Å². The lowest BCUT2D eigenvalue weighted by Crippen LogP contribution is -2.25. The molecule has 0 saturated carbocycles. The monoisotopic (exact) mass is 355 g/mol. The highest BCUT2D eigenvalue weighted by Crippen LogP contribution is 2.30. The van der Waals surface area contributed by atoms with Crippen molar-refractivity contribution in [2.24, 2.45) is 0 Å². The van der Waals surface area contributed by atoms with Crippen molar-refractivity contribution in [3.8, 4) is 17.4 Å². The first kappa shape index (κ1) is 17.4. The highest BCUT2D eigenvalue weighted by Gasteiger charge is 2.15. The van der Waals surface area contributed by atoms with Gasteiger partial charge in [0, 0.05) is 6.20 Å². The van der Waals surface area contributed by atoms with Gasteiger partial charge in [-0.15, -0.1) is 0 Å². The number of aromatic nitrogens is 1. The molecule has 122 valence electrons. The van der Waals surface area contributed by atoms with Crippen LogP contribution in [0.4, 0.5) is 0 Å². The Hall–Kier alpha value is -1.98. The van der Waals surface area contributed by atoms with E-state index in [0.717, 1.165) is 0 Å². The van der Waals surface area contributed by atoms with E-state index in [4.69, 9.17) is 37.4 Å². The van der Waals surface area contributed by atoms with Crippen LogP contribution in [0.25, 0.3) is 0 Å². The van der Waals surface area contributed by atoms with Gasteiger partial charge in [-0.3, -0.25) is 0 Å². The molecular weight excluding hydrogens is 341 g/mol. The summed E-state index contributed by atoms with van der Waals surface area (Å²) in [5.41, 5.74) is 0. The van der Waals surface area contributed by atoms with Crippen LogP contribution in [-0.4, -0.2) is 23.7 Å². The lowest BCUT2D eigenvalue weighted by atomic mass is 10.3. The number of nitrogens with zero attached hydrogens (tertiary/aromatic N) is 1. The van der Waals surface area contributed by atoms with Gasteiger partial charge in [0.25, 0.3) is 0 Å². The van der Waals surface area contributed by atoms with Crippen LogP contribution in [-0.2, 0) is 9.53 Å². The molecule has 0 saturated heterocycles. The second-order valence-corrected chi connectivity index (χ2v) is 5.37. The molecule has 0 N–H and O–H groups in total. The number of esters is 1. The Morgan fingerprint density at radius 1 is 1.22 bits per heavy atom. The summed E-state index contributed by atoms with van der Waals surface area (Å²) in [6.45, 7) is 3.68. The zero-order chi connectivity index (χ0) is 16.8. The molecule has 1 atom stereocenters. The zero-order valence-electron chi connectivity index (χ0n) is 12.6. The second kappa shape index (κ2) is 8.04. The van der Waals surface area contributed by atoms with Crippen LogP contribution in [0.5, 0.6) is 17.4 Å². The van der Waals surface area contributed by atoms with Crippen molar-refractivity contribution >= 4 is 29.2 Å². The van der Waals surface area contributed by atoms with Crippen molar-refractivity contribution in [1.82, 2.24) is 4.98 Å². The summed E-state index contributed by atoms with van der Waals surface area (Å²) in [6.07, 6.45) is 0.760. The minimum atomic E-state index is -0.686. The van der Waals surface area contributed by atoms with Gasteiger partial charge in [0.15, 0.2) is 6.10 Å². The smallest absolute Gasteiger partial charge is 0.347 e. The Balaban J connectivity index is 2.00. The predicted octanol–water partition coefficient (Wildman–Crippen LogP) is 4.51. The molecule has 0 spiro atoms. The molecule has 0 amide bonds. The van der Waals surface area contributed by atoms with E-state index in [1.807, 2.05) is 0 Å². The standard InChI is InChI=1S/C16H15Cl2NO4/c1-3-21-16(20)10(2)22-12-4-6-13(7-5-12)23-15-14(18)8-11(17)9-19-15/h4-10H,3H2,1-2H3. The maximum Gasteiger partial charge on any atom is 0.347 e. The third kappa shape index (κ3) is 5.01. The number of carbonyl (C=O) groups excluding carboxylic acids is 1. The van der Waals surface area contributed by atoms with Crippen LogP contribution in [0.15, 0.2) is 36.5 Å². The van der Waals surface area contributed by atoms with E-state index in [0.29, 0.717) is 28.2 Å². The first-order valence-corrected chi connectivity index (χ1v) is 7.67. The Bertz CT molecular complexity index is 676. The van der Waals surface area contributed by atoms with Gasteiger partial charge in [-0.25, -0.2) is 9.78 Å². The quantitative estimate of drug-likeness (QED) is 0.713. The third-order valence-electron chi connectivity index (χ3n) is 2.74. The van der Waals surface area contributed by atoms with Crippen LogP contribution in [0.3, 0.4) is 0 Å². The molecule has 7 heteroatoms. The van der Waals surface area contributed by atoms with E-state index in [-0.39, 0.29) is 5.88 Å². The number of benzene rings is 1. The molecule has 0 aliphatic carbocycles. The molecule has 0 radical (unpaired) electrons. The first-order valence-electron chi connectivity index (χ1n) is 6.92. The van der Waals surface area contributed by atoms with Crippen molar-refractivity contribution in [3.63, 3.8) is 0 Å². The highest BCUT2D eigenvalue weighted by molar-refractivity contribution is 6.35. The van der Waals surface area contributed by atoms with Crippen LogP contribution < -0.4 is 9.47 Å². The van der Waals surface area contributed by atoms with E-state index in [2.05, 4.69) is 4.98 Å². The largest absolute Gasteiger partial charge is 0.479 e. The zero-order valence-corrected chi connectivity index (χ0v) is 14.1. The van der Waals surface area contributed by atoms with E-state index < -0.39 is 12.1 Å². The van der Waals surface area contributed by atoms with Gasteiger partial charge < -0.3 is 14.2 Å². The molecule has 0 bridgehead atoms. The van der Waals surface area contributed by atoms with Crippen LogP contribution >= 0.6 is 23.2 Å². The predicted molar refractivity (Wildman–Crippen MR) is 87.5 cm³/mol. The lowest BCUT2D eigenvalue weighted by molar-refractivity contribution is -0.150. The maximum absolute atomic E-state index is 11.5. The van der Waals surface area contributed by atoms with Gasteiger partial charge in [-0.1, -0.05) is 23.2 Å². The summed E-state index contributed by atoms with van der Waals surface area (Å²) in [5.74, 6) is 0.889. The average molecular weight is 356 g/mol. The van der Waals surface area contributed by atoms with Crippen molar-refractivity contribution in [1.29, 1.82) is 0 Å². The Kier molecular flexibility index (Phi) is 6.07. The number of rotatable bonds is 6. The lowest BCUT2D eigenvalue weighted by Gasteiger charge is -2.13. The molecule has 0 aliphatic rings. The molecule has 1 aromatic heterocycles. The average Bonchev–Trinajstić information content (AvgIpc) is 2.52. The summed E-state index contributed by atoms with van der Waals surface area (Å²) in [6, 6.07) is 8.26. The van der Waals surface area contributed by atoms with E-state index in [9.17, 15) is 4.79 Å². The fourth-order valence-corrected chi connectivity index (χ4v) is 2.11. The minimum absolute atomic E-state index is 0.254. The number of hydrogen-bond acceptors (Lipinski definition) is 5. The topological polar surface area (TPSA) is 57.7 Å². The molecule has 23 heavy (non-hydrogen) atoms. The number of hydrogen-bond donors (Lipinski definition) is 0. The van der Waals surface area contributed by atoms with Crippen molar-refractivity contribution in [2.75, 3.05) is 6.61 Å². The van der Waals surface area contributed by atoms with Gasteiger partial charge in [-0.05, 0) is 44.2 Å². The number of carbonyl (C=O) groups is 1. The van der Waals surface area contributed by atoms with E-state index in [1.54, 1.807) is 44.2 Å². The van der Waals surface area contributed by atoms with Gasteiger partial charge in [0.05, 0.1) is 11.6 Å². The normalized spacial score (nSPS) is 11.7. The van der Waals surface area contributed by atoms with Gasteiger partial charge in [-0.2, -0.15) is 0 Å². The SMILES string of the molecule is CCOC(=O)C(C)Oc1ccc(Oc2ncc(Cl)cc2Cl)cc1. The summed E-state index contributed by atoms with van der Waals surface area (Å²) in [7, 11) is 0. The van der Waals surface area contributed by atoms with Crippen molar-refractivity contribution < 1.29 is 19.0 Å². The molecule has 1 aromatic carbocycles. The Morgan fingerprint density at radius 3 is 2.48 bits per heavy atom.